The van der Waals surface area contributed by atoms with Crippen LogP contribution in [0.4, 0.5) is 0 Å². The zero-order valence-corrected chi connectivity index (χ0v) is 7.76. The normalized spacial score (nSPS) is 26.5. The van der Waals surface area contributed by atoms with Crippen LogP contribution in [0.1, 0.15) is 6.92 Å². The Kier molecular flexibility index (Phi) is 2.87. The van der Waals surface area contributed by atoms with Crippen LogP contribution in [0.25, 0.3) is 0 Å². The second-order valence-electron chi connectivity index (χ2n) is 3.51. The quantitative estimate of drug-likeness (QED) is 0.574. The lowest BCUT2D eigenvalue weighted by atomic mass is 10.3. The zero-order valence-electron chi connectivity index (χ0n) is 7.76. The number of nitrogens with one attached hydrogen (secondary N) is 1. The summed E-state index contributed by atoms with van der Waals surface area (Å²) in [6.07, 6.45) is 0.331. The van der Waals surface area contributed by atoms with Crippen molar-refractivity contribution in [1.82, 2.24) is 5.32 Å². The maximum atomic E-state index is 5.34. The molecule has 1 unspecified atom stereocenters. The second-order valence-corrected chi connectivity index (χ2v) is 3.51. The van der Waals surface area contributed by atoms with Gasteiger partial charge in [-0.3, -0.25) is 4.48 Å². The molecule has 0 aliphatic carbocycles. The van der Waals surface area contributed by atoms with Gasteiger partial charge in [-0.05, 0) is 0 Å². The summed E-state index contributed by atoms with van der Waals surface area (Å²) in [6.45, 7) is 6.73. The molecule has 11 heavy (non-hydrogen) atoms. The number of hydrogen-bond acceptors (Lipinski definition) is 2. The van der Waals surface area contributed by atoms with Gasteiger partial charge in [-0.15, -0.1) is 0 Å². The van der Waals surface area contributed by atoms with Crippen LogP contribution in [0.15, 0.2) is 0 Å². The number of ether oxygens (including phenoxy) is 1. The van der Waals surface area contributed by atoms with Gasteiger partial charge < -0.3 is 10.1 Å². The van der Waals surface area contributed by atoms with Crippen molar-refractivity contribution in [3.8, 4) is 0 Å². The molecule has 3 nitrogen and oxygen atoms in total. The minimum Gasteiger partial charge on any atom is -0.333 e. The van der Waals surface area contributed by atoms with E-state index in [-0.39, 0.29) is 0 Å². The summed E-state index contributed by atoms with van der Waals surface area (Å²) >= 11 is 0. The van der Waals surface area contributed by atoms with Crippen molar-refractivity contribution in [2.24, 2.45) is 0 Å². The van der Waals surface area contributed by atoms with Crippen molar-refractivity contribution < 1.29 is 9.22 Å². The standard InChI is InChI=1S/C8H19N2O/c1-8(11-3)10(2)6-4-9-5-7-10/h8-9H,4-7H2,1-3H3/q+1. The fourth-order valence-electron chi connectivity index (χ4n) is 1.52. The number of nitrogens with zero attached hydrogens (tertiary/aromatic N) is 1. The Morgan fingerprint density at radius 1 is 1.36 bits per heavy atom. The first-order chi connectivity index (χ1) is 5.19. The van der Waals surface area contributed by atoms with Gasteiger partial charge in [-0.25, -0.2) is 0 Å². The molecule has 0 aromatic carbocycles. The Morgan fingerprint density at radius 2 is 1.91 bits per heavy atom. The van der Waals surface area contributed by atoms with Crippen LogP contribution in [0.5, 0.6) is 0 Å². The number of rotatable bonds is 2. The van der Waals surface area contributed by atoms with Gasteiger partial charge in [0.25, 0.3) is 0 Å². The molecule has 1 fully saturated rings. The summed E-state index contributed by atoms with van der Waals surface area (Å²) in [5.74, 6) is 0. The SMILES string of the molecule is COC(C)[N+]1(C)CCNCC1. The van der Waals surface area contributed by atoms with E-state index in [0.29, 0.717) is 6.23 Å². The van der Waals surface area contributed by atoms with Crippen molar-refractivity contribution in [2.45, 2.75) is 13.2 Å². The molecular weight excluding hydrogens is 140 g/mol. The maximum Gasteiger partial charge on any atom is 0.189 e. The third-order valence-electron chi connectivity index (χ3n) is 2.82. The van der Waals surface area contributed by atoms with Crippen LogP contribution >= 0.6 is 0 Å². The van der Waals surface area contributed by atoms with E-state index in [1.54, 1.807) is 7.11 Å². The van der Waals surface area contributed by atoms with Crippen LogP contribution < -0.4 is 5.32 Å². The molecule has 3 heteroatoms. The monoisotopic (exact) mass is 159 g/mol. The third-order valence-corrected chi connectivity index (χ3v) is 2.82. The molecule has 0 aromatic rings. The van der Waals surface area contributed by atoms with Gasteiger partial charge in [0.2, 0.25) is 0 Å². The van der Waals surface area contributed by atoms with Crippen LogP contribution in [0, 0.1) is 0 Å². The number of quaternary nitrogens is 1. The first-order valence-corrected chi connectivity index (χ1v) is 4.27. The summed E-state index contributed by atoms with van der Waals surface area (Å²) in [5.41, 5.74) is 0. The molecule has 0 spiro atoms. The van der Waals surface area contributed by atoms with E-state index < -0.39 is 0 Å². The van der Waals surface area contributed by atoms with Crippen LogP contribution in [-0.2, 0) is 4.74 Å². The summed E-state index contributed by atoms with van der Waals surface area (Å²) in [5, 5.41) is 3.35. The minimum absolute atomic E-state index is 0.331. The largest absolute Gasteiger partial charge is 0.333 e. The van der Waals surface area contributed by atoms with Gasteiger partial charge in [0.1, 0.15) is 0 Å². The molecule has 1 aliphatic heterocycles. The molecule has 1 heterocycles. The fraction of sp³-hybridized carbons (Fsp3) is 1.00. The van der Waals surface area contributed by atoms with E-state index in [1.165, 1.54) is 13.1 Å². The summed E-state index contributed by atoms with van der Waals surface area (Å²) in [6, 6.07) is 0. The van der Waals surface area contributed by atoms with Crippen molar-refractivity contribution in [1.29, 1.82) is 0 Å². The van der Waals surface area contributed by atoms with Crippen molar-refractivity contribution in [2.75, 3.05) is 40.3 Å². The predicted molar refractivity (Wildman–Crippen MR) is 45.3 cm³/mol. The first-order valence-electron chi connectivity index (χ1n) is 4.27. The highest BCUT2D eigenvalue weighted by Gasteiger charge is 2.30. The van der Waals surface area contributed by atoms with Gasteiger partial charge in [-0.2, -0.15) is 0 Å². The molecule has 1 atom stereocenters. The maximum absolute atomic E-state index is 5.34. The Morgan fingerprint density at radius 3 is 2.36 bits per heavy atom. The van der Waals surface area contributed by atoms with Crippen molar-refractivity contribution in [3.63, 3.8) is 0 Å². The second kappa shape index (κ2) is 3.52. The molecule has 0 saturated carbocycles. The average molecular weight is 159 g/mol. The van der Waals surface area contributed by atoms with Gasteiger partial charge in [0.05, 0.1) is 20.1 Å². The summed E-state index contributed by atoms with van der Waals surface area (Å²) in [7, 11) is 4.05. The van der Waals surface area contributed by atoms with Gasteiger partial charge in [-0.1, -0.05) is 0 Å². The van der Waals surface area contributed by atoms with Crippen LogP contribution in [-0.4, -0.2) is 51.0 Å². The Labute approximate surface area is 68.9 Å². The number of piperazine rings is 1. The zero-order chi connectivity index (χ0) is 8.32. The van der Waals surface area contributed by atoms with Crippen molar-refractivity contribution in [3.05, 3.63) is 0 Å². The molecule has 0 aromatic heterocycles. The third kappa shape index (κ3) is 1.92. The molecule has 1 saturated heterocycles. The van der Waals surface area contributed by atoms with Crippen LogP contribution in [0.3, 0.4) is 0 Å². The van der Waals surface area contributed by atoms with E-state index in [9.17, 15) is 0 Å². The highest BCUT2D eigenvalue weighted by atomic mass is 16.5. The smallest absolute Gasteiger partial charge is 0.189 e. The first kappa shape index (κ1) is 8.97. The van der Waals surface area contributed by atoms with Gasteiger partial charge in [0.15, 0.2) is 6.23 Å². The lowest BCUT2D eigenvalue weighted by Crippen LogP contribution is -2.60. The lowest BCUT2D eigenvalue weighted by Gasteiger charge is -2.41. The van der Waals surface area contributed by atoms with Gasteiger partial charge >= 0.3 is 0 Å². The molecule has 0 amide bonds. The minimum atomic E-state index is 0.331. The van der Waals surface area contributed by atoms with E-state index in [2.05, 4.69) is 19.3 Å². The number of hydrogen-bond donors (Lipinski definition) is 1. The number of methoxy groups -OCH3 is 1. The average Bonchev–Trinajstić information content (AvgIpc) is 2.04. The Bertz CT molecular complexity index is 121. The molecule has 0 bridgehead atoms. The Hall–Kier alpha value is -0.120. The topological polar surface area (TPSA) is 21.3 Å². The molecular formula is C8H19N2O+. The van der Waals surface area contributed by atoms with Gasteiger partial charge in [0, 0.05) is 27.1 Å². The van der Waals surface area contributed by atoms with E-state index >= 15 is 0 Å². The summed E-state index contributed by atoms with van der Waals surface area (Å²) in [4.78, 5) is 0. The highest BCUT2D eigenvalue weighted by molar-refractivity contribution is 4.55. The highest BCUT2D eigenvalue weighted by Crippen LogP contribution is 2.11. The number of likely N-dealkylation sites (N-methyl/N-ethyl adjacent to an activating group) is 1. The van der Waals surface area contributed by atoms with E-state index in [4.69, 9.17) is 4.74 Å². The molecule has 66 valence electrons. The molecule has 1 aliphatic rings. The van der Waals surface area contributed by atoms with E-state index in [0.717, 1.165) is 17.6 Å². The lowest BCUT2D eigenvalue weighted by molar-refractivity contribution is -0.953. The fourth-order valence-corrected chi connectivity index (χ4v) is 1.52. The van der Waals surface area contributed by atoms with Crippen molar-refractivity contribution >= 4 is 0 Å². The predicted octanol–water partition coefficient (Wildman–Crippen LogP) is 0.0286. The molecule has 0 radical (unpaired) electrons. The van der Waals surface area contributed by atoms with Crippen LogP contribution in [0.2, 0.25) is 0 Å². The molecule has 1 N–H and O–H groups in total. The Balaban J connectivity index is 2.49. The summed E-state index contributed by atoms with van der Waals surface area (Å²) < 4.78 is 6.38. The molecule has 1 rings (SSSR count). The van der Waals surface area contributed by atoms with E-state index in [1.807, 2.05) is 0 Å².